The summed E-state index contributed by atoms with van der Waals surface area (Å²) in [7, 11) is 0. The largest absolute Gasteiger partial charge is 0.480 e. The molecule has 28 heavy (non-hydrogen) atoms. The molecule has 7 heteroatoms. The summed E-state index contributed by atoms with van der Waals surface area (Å²) in [5.41, 5.74) is 4.55. The van der Waals surface area contributed by atoms with E-state index in [-0.39, 0.29) is 25.5 Å². The number of ether oxygens (including phenoxy) is 1. The summed E-state index contributed by atoms with van der Waals surface area (Å²) >= 11 is 0. The van der Waals surface area contributed by atoms with Crippen molar-refractivity contribution < 1.29 is 24.2 Å². The van der Waals surface area contributed by atoms with Gasteiger partial charge in [-0.2, -0.15) is 0 Å². The highest BCUT2D eigenvalue weighted by Crippen LogP contribution is 2.44. The van der Waals surface area contributed by atoms with Gasteiger partial charge in [0.25, 0.3) is 0 Å². The molecule has 0 radical (unpaired) electrons. The monoisotopic (exact) mass is 382 g/mol. The average molecular weight is 382 g/mol. The summed E-state index contributed by atoms with van der Waals surface area (Å²) in [4.78, 5) is 34.3. The van der Waals surface area contributed by atoms with Gasteiger partial charge in [-0.05, 0) is 29.2 Å². The van der Waals surface area contributed by atoms with Crippen LogP contribution in [0.3, 0.4) is 0 Å². The van der Waals surface area contributed by atoms with Crippen molar-refractivity contribution in [2.75, 3.05) is 13.2 Å². The lowest BCUT2D eigenvalue weighted by molar-refractivity contribution is -0.141. The van der Waals surface area contributed by atoms with Crippen molar-refractivity contribution in [2.45, 2.75) is 25.3 Å². The van der Waals surface area contributed by atoms with Crippen LogP contribution in [0.15, 0.2) is 48.5 Å². The number of hydrogen-bond acceptors (Lipinski definition) is 4. The second kappa shape index (κ2) is 8.56. The number of fused-ring (bicyclic) bond motifs is 3. The molecule has 0 spiro atoms. The molecular weight excluding hydrogens is 360 g/mol. The predicted octanol–water partition coefficient (Wildman–Crippen LogP) is 2.50. The van der Waals surface area contributed by atoms with Gasteiger partial charge in [-0.25, -0.2) is 4.79 Å². The standard InChI is InChI=1S/C21H22N2O5/c1-13(20(25)26)23-19(24)10-11-22-21(27)28-12-18-16-8-4-2-6-14(16)15-7-3-5-9-17(15)18/h2-9,13,18H,10-12H2,1H3,(H,22,27)(H,23,24)(H,25,26)/t13-/m1/s1. The topological polar surface area (TPSA) is 105 Å². The van der Waals surface area contributed by atoms with Crippen LogP contribution in [-0.4, -0.2) is 42.3 Å². The molecule has 1 aliphatic rings. The van der Waals surface area contributed by atoms with Gasteiger partial charge in [0.1, 0.15) is 12.6 Å². The minimum Gasteiger partial charge on any atom is -0.480 e. The van der Waals surface area contributed by atoms with Crippen LogP contribution >= 0.6 is 0 Å². The number of nitrogens with one attached hydrogen (secondary N) is 2. The van der Waals surface area contributed by atoms with Gasteiger partial charge in [0, 0.05) is 18.9 Å². The molecular formula is C21H22N2O5. The van der Waals surface area contributed by atoms with E-state index in [2.05, 4.69) is 22.8 Å². The number of carbonyl (C=O) groups is 3. The van der Waals surface area contributed by atoms with Crippen LogP contribution < -0.4 is 10.6 Å². The molecule has 0 saturated heterocycles. The predicted molar refractivity (Wildman–Crippen MR) is 103 cm³/mol. The third kappa shape index (κ3) is 4.31. The summed E-state index contributed by atoms with van der Waals surface area (Å²) in [5.74, 6) is -1.59. The molecule has 2 aromatic carbocycles. The van der Waals surface area contributed by atoms with Crippen molar-refractivity contribution in [1.29, 1.82) is 0 Å². The van der Waals surface area contributed by atoms with Crippen molar-refractivity contribution >= 4 is 18.0 Å². The minimum atomic E-state index is -1.11. The molecule has 0 heterocycles. The fourth-order valence-corrected chi connectivity index (χ4v) is 3.30. The first-order valence-corrected chi connectivity index (χ1v) is 9.08. The highest BCUT2D eigenvalue weighted by Gasteiger charge is 2.28. The van der Waals surface area contributed by atoms with Crippen molar-refractivity contribution in [3.05, 3.63) is 59.7 Å². The lowest BCUT2D eigenvalue weighted by atomic mass is 9.98. The van der Waals surface area contributed by atoms with Crippen molar-refractivity contribution in [3.8, 4) is 11.1 Å². The van der Waals surface area contributed by atoms with E-state index in [0.717, 1.165) is 22.3 Å². The van der Waals surface area contributed by atoms with E-state index in [1.807, 2.05) is 36.4 Å². The Morgan fingerprint density at radius 2 is 1.61 bits per heavy atom. The highest BCUT2D eigenvalue weighted by molar-refractivity contribution is 5.83. The van der Waals surface area contributed by atoms with E-state index in [4.69, 9.17) is 9.84 Å². The molecule has 1 aliphatic carbocycles. The van der Waals surface area contributed by atoms with Gasteiger partial charge in [0.2, 0.25) is 5.91 Å². The van der Waals surface area contributed by atoms with E-state index < -0.39 is 24.0 Å². The van der Waals surface area contributed by atoms with Crippen LogP contribution in [0.5, 0.6) is 0 Å². The number of rotatable bonds is 7. The van der Waals surface area contributed by atoms with Gasteiger partial charge in [0.15, 0.2) is 0 Å². The van der Waals surface area contributed by atoms with Crippen molar-refractivity contribution in [3.63, 3.8) is 0 Å². The van der Waals surface area contributed by atoms with E-state index in [1.54, 1.807) is 0 Å². The zero-order valence-corrected chi connectivity index (χ0v) is 15.5. The van der Waals surface area contributed by atoms with Gasteiger partial charge in [-0.1, -0.05) is 48.5 Å². The fraction of sp³-hybridized carbons (Fsp3) is 0.286. The Morgan fingerprint density at radius 1 is 1.04 bits per heavy atom. The SMILES string of the molecule is C[C@@H](NC(=O)CCNC(=O)OCC1c2ccccc2-c2ccccc21)C(=O)O. The molecule has 0 bridgehead atoms. The Kier molecular flexibility index (Phi) is 5.93. The second-order valence-electron chi connectivity index (χ2n) is 6.63. The molecule has 0 unspecified atom stereocenters. The van der Waals surface area contributed by atoms with Crippen LogP contribution in [0.25, 0.3) is 11.1 Å². The van der Waals surface area contributed by atoms with Gasteiger partial charge in [-0.3, -0.25) is 9.59 Å². The van der Waals surface area contributed by atoms with Crippen LogP contribution in [0, 0.1) is 0 Å². The van der Waals surface area contributed by atoms with E-state index in [1.165, 1.54) is 6.92 Å². The smallest absolute Gasteiger partial charge is 0.407 e. The maximum atomic E-state index is 12.0. The number of carboxylic acids is 1. The molecule has 0 aliphatic heterocycles. The Labute approximate surface area is 162 Å². The van der Waals surface area contributed by atoms with E-state index >= 15 is 0 Å². The number of carboxylic acid groups (broad SMARTS) is 1. The highest BCUT2D eigenvalue weighted by atomic mass is 16.5. The molecule has 3 N–H and O–H groups in total. The zero-order valence-electron chi connectivity index (χ0n) is 15.5. The number of carbonyl (C=O) groups excluding carboxylic acids is 2. The normalized spacial score (nSPS) is 13.2. The lowest BCUT2D eigenvalue weighted by Gasteiger charge is -2.14. The summed E-state index contributed by atoms with van der Waals surface area (Å²) < 4.78 is 5.36. The molecule has 0 aromatic heterocycles. The molecule has 1 atom stereocenters. The van der Waals surface area contributed by atoms with Gasteiger partial charge in [0.05, 0.1) is 0 Å². The van der Waals surface area contributed by atoms with E-state index in [0.29, 0.717) is 0 Å². The van der Waals surface area contributed by atoms with Crippen LogP contribution in [-0.2, 0) is 14.3 Å². The molecule has 0 fully saturated rings. The molecule has 2 aromatic rings. The molecule has 0 saturated carbocycles. The van der Waals surface area contributed by atoms with Gasteiger partial charge >= 0.3 is 12.1 Å². The van der Waals surface area contributed by atoms with E-state index in [9.17, 15) is 14.4 Å². The number of aliphatic carboxylic acids is 1. The molecule has 146 valence electrons. The van der Waals surface area contributed by atoms with Crippen LogP contribution in [0.4, 0.5) is 4.79 Å². The average Bonchev–Trinajstić information content (AvgIpc) is 3.00. The zero-order chi connectivity index (χ0) is 20.1. The fourth-order valence-electron chi connectivity index (χ4n) is 3.30. The van der Waals surface area contributed by atoms with Crippen LogP contribution in [0.2, 0.25) is 0 Å². The first-order valence-electron chi connectivity index (χ1n) is 9.08. The Balaban J connectivity index is 1.50. The maximum Gasteiger partial charge on any atom is 0.407 e. The number of alkyl carbamates (subject to hydrolysis) is 1. The number of hydrogen-bond donors (Lipinski definition) is 3. The minimum absolute atomic E-state index is 0.0260. The Morgan fingerprint density at radius 3 is 2.18 bits per heavy atom. The van der Waals surface area contributed by atoms with Gasteiger partial charge in [-0.15, -0.1) is 0 Å². The number of benzene rings is 2. The first-order chi connectivity index (χ1) is 13.5. The summed E-state index contributed by atoms with van der Waals surface area (Å²) in [6.07, 6.45) is -0.636. The Bertz CT molecular complexity index is 850. The van der Waals surface area contributed by atoms with Crippen molar-refractivity contribution in [1.82, 2.24) is 10.6 Å². The summed E-state index contributed by atoms with van der Waals surface area (Å²) in [5, 5.41) is 13.6. The quantitative estimate of drug-likeness (QED) is 0.682. The molecule has 3 rings (SSSR count). The maximum absolute atomic E-state index is 12.0. The van der Waals surface area contributed by atoms with Crippen molar-refractivity contribution in [2.24, 2.45) is 0 Å². The molecule has 7 nitrogen and oxygen atoms in total. The van der Waals surface area contributed by atoms with Gasteiger partial charge < -0.3 is 20.5 Å². The third-order valence-electron chi connectivity index (χ3n) is 4.71. The summed E-state index contributed by atoms with van der Waals surface area (Å²) in [6.45, 7) is 1.64. The first kappa shape index (κ1) is 19.4. The summed E-state index contributed by atoms with van der Waals surface area (Å²) in [6, 6.07) is 15.1. The Hall–Kier alpha value is -3.35. The lowest BCUT2D eigenvalue weighted by Crippen LogP contribution is -2.40. The van der Waals surface area contributed by atoms with Crippen LogP contribution in [0.1, 0.15) is 30.4 Å². The molecule has 2 amide bonds. The number of amides is 2. The third-order valence-corrected chi connectivity index (χ3v) is 4.71. The second-order valence-corrected chi connectivity index (χ2v) is 6.63.